The Kier molecular flexibility index (Phi) is 4.26. The van der Waals surface area contributed by atoms with E-state index in [-0.39, 0.29) is 0 Å². The van der Waals surface area contributed by atoms with Gasteiger partial charge >= 0.3 is 0 Å². The number of hydrogen-bond acceptors (Lipinski definition) is 4. The monoisotopic (exact) mass is 289 g/mol. The second kappa shape index (κ2) is 6.32. The minimum atomic E-state index is 0.470. The summed E-state index contributed by atoms with van der Waals surface area (Å²) >= 11 is 0. The van der Waals surface area contributed by atoms with Crippen LogP contribution in [0.15, 0.2) is 29.3 Å². The van der Waals surface area contributed by atoms with E-state index in [1.807, 2.05) is 24.3 Å². The van der Waals surface area contributed by atoms with Gasteiger partial charge in [0.25, 0.3) is 0 Å². The molecule has 21 heavy (non-hydrogen) atoms. The van der Waals surface area contributed by atoms with Crippen LogP contribution in [0.2, 0.25) is 0 Å². The van der Waals surface area contributed by atoms with Crippen molar-refractivity contribution in [2.45, 2.75) is 6.04 Å². The summed E-state index contributed by atoms with van der Waals surface area (Å²) in [5.74, 6) is 1.30. The molecule has 3 fully saturated rings. The van der Waals surface area contributed by atoms with Gasteiger partial charge < -0.3 is 15.8 Å². The zero-order chi connectivity index (χ0) is 14.7. The quantitative estimate of drug-likeness (QED) is 0.621. The molecule has 3 N–H and O–H groups in total. The third-order valence-electron chi connectivity index (χ3n) is 4.23. The first kappa shape index (κ1) is 14.2. The first-order valence-corrected chi connectivity index (χ1v) is 7.42. The van der Waals surface area contributed by atoms with E-state index in [2.05, 4.69) is 20.1 Å². The number of piperazine rings is 3. The van der Waals surface area contributed by atoms with Gasteiger partial charge in [0.2, 0.25) is 0 Å². The molecule has 3 aliphatic heterocycles. The molecule has 6 heteroatoms. The Morgan fingerprint density at radius 1 is 1.29 bits per heavy atom. The summed E-state index contributed by atoms with van der Waals surface area (Å²) in [5, 5.41) is 3.12. The molecule has 4 rings (SSSR count). The number of fused-ring (bicyclic) bond motifs is 3. The molecule has 1 unspecified atom stereocenters. The molecule has 1 aromatic rings. The second-order valence-corrected chi connectivity index (χ2v) is 5.57. The van der Waals surface area contributed by atoms with Crippen LogP contribution in [0.5, 0.6) is 5.75 Å². The number of nitrogens with one attached hydrogen (secondary N) is 1. The zero-order valence-corrected chi connectivity index (χ0v) is 12.5. The van der Waals surface area contributed by atoms with E-state index >= 15 is 0 Å². The maximum atomic E-state index is 5.97. The van der Waals surface area contributed by atoms with Crippen molar-refractivity contribution in [3.05, 3.63) is 24.3 Å². The van der Waals surface area contributed by atoms with Crippen molar-refractivity contribution >= 4 is 11.6 Å². The van der Waals surface area contributed by atoms with Crippen LogP contribution < -0.4 is 15.8 Å². The molecule has 3 saturated heterocycles. The number of nitrogens with two attached hydrogens (primary N) is 1. The smallest absolute Gasteiger partial charge is 0.193 e. The summed E-state index contributed by atoms with van der Waals surface area (Å²) in [4.78, 5) is 9.51. The lowest BCUT2D eigenvalue weighted by Crippen LogP contribution is -2.61. The number of rotatable bonds is 4. The predicted molar refractivity (Wildman–Crippen MR) is 84.9 cm³/mol. The molecule has 1 aromatic carbocycles. The van der Waals surface area contributed by atoms with Crippen LogP contribution in [0, 0.1) is 0 Å². The highest BCUT2D eigenvalue weighted by molar-refractivity contribution is 5.92. The Morgan fingerprint density at radius 3 is 2.57 bits per heavy atom. The number of anilines is 1. The molecule has 2 bridgehead atoms. The molecular formula is C15H23N5O. The number of aliphatic imine (C=N–C) groups is 1. The number of hydrogen-bond donors (Lipinski definition) is 2. The molecule has 0 saturated carbocycles. The molecule has 0 spiro atoms. The van der Waals surface area contributed by atoms with E-state index in [1.165, 1.54) is 13.1 Å². The fourth-order valence-corrected chi connectivity index (χ4v) is 2.96. The number of benzene rings is 1. The average Bonchev–Trinajstić information content (AvgIpc) is 2.55. The molecule has 0 radical (unpaired) electrons. The van der Waals surface area contributed by atoms with Gasteiger partial charge in [-0.05, 0) is 24.3 Å². The largest absolute Gasteiger partial charge is 0.497 e. The Balaban J connectivity index is 1.53. The molecule has 1 atom stereocenters. The fourth-order valence-electron chi connectivity index (χ4n) is 2.96. The Morgan fingerprint density at radius 2 is 2.00 bits per heavy atom. The minimum absolute atomic E-state index is 0.470. The van der Waals surface area contributed by atoms with Gasteiger partial charge in [-0.15, -0.1) is 0 Å². The van der Waals surface area contributed by atoms with E-state index in [4.69, 9.17) is 10.5 Å². The first-order chi connectivity index (χ1) is 10.2. The van der Waals surface area contributed by atoms with Crippen LogP contribution in [0.3, 0.4) is 0 Å². The van der Waals surface area contributed by atoms with Crippen molar-refractivity contribution in [3.63, 3.8) is 0 Å². The van der Waals surface area contributed by atoms with Crippen LogP contribution in [-0.4, -0.2) is 68.2 Å². The van der Waals surface area contributed by atoms with E-state index in [9.17, 15) is 0 Å². The lowest BCUT2D eigenvalue weighted by Gasteiger charge is -2.47. The summed E-state index contributed by atoms with van der Waals surface area (Å²) in [6, 6.07) is 8.16. The van der Waals surface area contributed by atoms with Crippen molar-refractivity contribution in [3.8, 4) is 5.75 Å². The molecular weight excluding hydrogens is 266 g/mol. The summed E-state index contributed by atoms with van der Waals surface area (Å²) in [6.45, 7) is 6.57. The van der Waals surface area contributed by atoms with E-state index < -0.39 is 0 Å². The van der Waals surface area contributed by atoms with Crippen molar-refractivity contribution in [1.82, 2.24) is 9.80 Å². The molecule has 3 heterocycles. The SMILES string of the molecule is COc1ccc(NC(N)=NCC2CN3CCN2CC3)cc1. The normalized spacial score (nSPS) is 28.4. The fraction of sp³-hybridized carbons (Fsp3) is 0.533. The van der Waals surface area contributed by atoms with Crippen LogP contribution in [0.25, 0.3) is 0 Å². The number of guanidine groups is 1. The highest BCUT2D eigenvalue weighted by atomic mass is 16.5. The number of nitrogens with zero attached hydrogens (tertiary/aromatic N) is 3. The van der Waals surface area contributed by atoms with E-state index in [0.717, 1.165) is 37.6 Å². The summed E-state index contributed by atoms with van der Waals surface area (Å²) < 4.78 is 5.13. The van der Waals surface area contributed by atoms with Gasteiger partial charge in [-0.3, -0.25) is 14.8 Å². The van der Waals surface area contributed by atoms with Crippen LogP contribution >= 0.6 is 0 Å². The minimum Gasteiger partial charge on any atom is -0.497 e. The standard InChI is InChI=1S/C15H23N5O/c1-21-14-4-2-12(3-5-14)18-15(16)17-10-13-11-19-6-8-20(13)9-7-19/h2-5,13H,6-11H2,1H3,(H3,16,17,18). The van der Waals surface area contributed by atoms with Crippen LogP contribution in [0.1, 0.15) is 0 Å². The molecule has 0 aliphatic carbocycles. The molecule has 114 valence electrons. The maximum absolute atomic E-state index is 5.97. The number of methoxy groups -OCH3 is 1. The van der Waals surface area contributed by atoms with Gasteiger partial charge in [0.15, 0.2) is 5.96 Å². The van der Waals surface area contributed by atoms with Crippen molar-refractivity contribution < 1.29 is 4.74 Å². The summed E-state index contributed by atoms with van der Waals surface area (Å²) in [5.41, 5.74) is 6.89. The van der Waals surface area contributed by atoms with Gasteiger partial charge in [0.05, 0.1) is 13.7 Å². The maximum Gasteiger partial charge on any atom is 0.193 e. The van der Waals surface area contributed by atoms with Crippen molar-refractivity contribution in [2.24, 2.45) is 10.7 Å². The highest BCUT2D eigenvalue weighted by Gasteiger charge is 2.31. The van der Waals surface area contributed by atoms with E-state index in [0.29, 0.717) is 12.0 Å². The third-order valence-corrected chi connectivity index (χ3v) is 4.23. The topological polar surface area (TPSA) is 66.1 Å². The highest BCUT2D eigenvalue weighted by Crippen LogP contribution is 2.16. The molecule has 0 amide bonds. The van der Waals surface area contributed by atoms with E-state index in [1.54, 1.807) is 7.11 Å². The Hall–Kier alpha value is -1.79. The van der Waals surface area contributed by atoms with Gasteiger partial charge in [0, 0.05) is 44.5 Å². The molecule has 3 aliphatic rings. The van der Waals surface area contributed by atoms with Crippen LogP contribution in [-0.2, 0) is 0 Å². The Bertz CT molecular complexity index is 493. The summed E-state index contributed by atoms with van der Waals surface area (Å²) in [7, 11) is 1.65. The van der Waals surface area contributed by atoms with Crippen molar-refractivity contribution in [2.75, 3.05) is 51.7 Å². The summed E-state index contributed by atoms with van der Waals surface area (Å²) in [6.07, 6.45) is 0. The van der Waals surface area contributed by atoms with Gasteiger partial charge in [0.1, 0.15) is 5.75 Å². The van der Waals surface area contributed by atoms with Gasteiger partial charge in [-0.2, -0.15) is 0 Å². The third kappa shape index (κ3) is 3.46. The Labute approximate surface area is 125 Å². The molecule has 0 aromatic heterocycles. The first-order valence-electron chi connectivity index (χ1n) is 7.42. The van der Waals surface area contributed by atoms with Crippen LogP contribution in [0.4, 0.5) is 5.69 Å². The second-order valence-electron chi connectivity index (χ2n) is 5.57. The zero-order valence-electron chi connectivity index (χ0n) is 12.5. The van der Waals surface area contributed by atoms with Gasteiger partial charge in [-0.1, -0.05) is 0 Å². The van der Waals surface area contributed by atoms with Gasteiger partial charge in [-0.25, -0.2) is 0 Å². The lowest BCUT2D eigenvalue weighted by atomic mass is 10.1. The molecule has 6 nitrogen and oxygen atoms in total. The lowest BCUT2D eigenvalue weighted by molar-refractivity contribution is 0.0174. The predicted octanol–water partition coefficient (Wildman–Crippen LogP) is 0.422. The average molecular weight is 289 g/mol. The number of ether oxygens (including phenoxy) is 1. The van der Waals surface area contributed by atoms with Crippen molar-refractivity contribution in [1.29, 1.82) is 0 Å².